The largest absolute Gasteiger partial charge is 0.457 e. The lowest BCUT2D eigenvalue weighted by Crippen LogP contribution is -2.54. The normalized spacial score (nSPS) is 19.2. The van der Waals surface area contributed by atoms with Crippen molar-refractivity contribution in [3.63, 3.8) is 0 Å². The van der Waals surface area contributed by atoms with E-state index in [9.17, 15) is 19.2 Å². The van der Waals surface area contributed by atoms with Crippen LogP contribution in [0.5, 0.6) is 0 Å². The van der Waals surface area contributed by atoms with Crippen molar-refractivity contribution < 1.29 is 38.0 Å². The van der Waals surface area contributed by atoms with Crippen molar-refractivity contribution in [1.29, 1.82) is 0 Å². The summed E-state index contributed by atoms with van der Waals surface area (Å²) >= 11 is 6.27. The lowest BCUT2D eigenvalue weighted by molar-refractivity contribution is -0.148. The Morgan fingerprint density at radius 1 is 0.939 bits per heavy atom. The number of Topliss-reactive ketones (excluding diaryl/α,β-unsaturated/α-hetero) is 1. The third-order valence-corrected chi connectivity index (χ3v) is 8.81. The maximum absolute atomic E-state index is 14.4. The van der Waals surface area contributed by atoms with Gasteiger partial charge in [0.25, 0.3) is 0 Å². The number of hydrogen-bond acceptors (Lipinski definition) is 8. The average Bonchev–Trinajstić information content (AvgIpc) is 3.45. The summed E-state index contributed by atoms with van der Waals surface area (Å²) in [6.45, 7) is 13.4. The number of nitrogens with zero attached hydrogens (tertiary/aromatic N) is 2. The maximum atomic E-state index is 14.4. The molecule has 0 aromatic heterocycles. The highest BCUT2D eigenvalue weighted by Gasteiger charge is 2.45. The molecular weight excluding hydrogens is 647 g/mol. The number of ketones is 1. The molecule has 1 fully saturated rings. The highest BCUT2D eigenvalue weighted by Crippen LogP contribution is 2.34. The second kappa shape index (κ2) is 17.0. The predicted molar refractivity (Wildman–Crippen MR) is 188 cm³/mol. The molecule has 0 bridgehead atoms. The van der Waals surface area contributed by atoms with Gasteiger partial charge in [0.1, 0.15) is 11.6 Å². The number of carbonyl (C=O) groups is 4. The molecule has 0 spiro atoms. The Morgan fingerprint density at radius 2 is 1.61 bits per heavy atom. The molecule has 266 valence electrons. The van der Waals surface area contributed by atoms with Crippen molar-refractivity contribution in [2.45, 2.75) is 104 Å². The fourth-order valence-corrected chi connectivity index (χ4v) is 6.58. The van der Waals surface area contributed by atoms with Gasteiger partial charge in [0.15, 0.2) is 12.4 Å². The topological polar surface area (TPSA) is 112 Å². The minimum atomic E-state index is -0.832. The van der Waals surface area contributed by atoms with E-state index in [1.807, 2.05) is 45.9 Å². The minimum absolute atomic E-state index is 0.0159. The number of amides is 2. The van der Waals surface area contributed by atoms with Gasteiger partial charge in [0, 0.05) is 42.3 Å². The highest BCUT2D eigenvalue weighted by atomic mass is 35.5. The molecule has 3 unspecified atom stereocenters. The molecule has 2 aromatic rings. The Bertz CT molecular complexity index is 1450. The van der Waals surface area contributed by atoms with Crippen LogP contribution in [0.1, 0.15) is 82.8 Å². The second-order valence-corrected chi connectivity index (χ2v) is 14.9. The summed E-state index contributed by atoms with van der Waals surface area (Å²) in [4.78, 5) is 57.3. The predicted octanol–water partition coefficient (Wildman–Crippen LogP) is 6.62. The Hall–Kier alpha value is -3.41. The van der Waals surface area contributed by atoms with Crippen molar-refractivity contribution >= 4 is 42.5 Å². The zero-order chi connectivity index (χ0) is 35.9. The van der Waals surface area contributed by atoms with E-state index < -0.39 is 36.7 Å². The molecule has 4 rings (SSSR count). The first-order valence-corrected chi connectivity index (χ1v) is 17.6. The van der Waals surface area contributed by atoms with E-state index in [2.05, 4.69) is 0 Å². The zero-order valence-corrected chi connectivity index (χ0v) is 30.5. The van der Waals surface area contributed by atoms with Crippen LogP contribution in [0.2, 0.25) is 11.3 Å². The smallest absolute Gasteiger partial charge is 0.457 e. The Kier molecular flexibility index (Phi) is 13.3. The highest BCUT2D eigenvalue weighted by molar-refractivity contribution is 6.44. The van der Waals surface area contributed by atoms with Crippen LogP contribution >= 0.6 is 11.6 Å². The van der Waals surface area contributed by atoms with Crippen LogP contribution in [0, 0.1) is 11.8 Å². The van der Waals surface area contributed by atoms with Gasteiger partial charge in [-0.2, -0.15) is 0 Å². The number of esters is 1. The molecule has 2 heterocycles. The second-order valence-electron chi connectivity index (χ2n) is 14.5. The monoisotopic (exact) mass is 696 g/mol. The molecule has 1 saturated heterocycles. The van der Waals surface area contributed by atoms with Crippen LogP contribution in [0.4, 0.5) is 4.79 Å². The molecular formula is C37H50BClN2O8. The van der Waals surface area contributed by atoms with Crippen molar-refractivity contribution in [1.82, 2.24) is 9.80 Å². The molecule has 10 nitrogen and oxygen atoms in total. The van der Waals surface area contributed by atoms with Gasteiger partial charge in [-0.3, -0.25) is 19.3 Å². The standard InChI is InChI=1S/C37H50BClN2O8/c1-24(2)48-38(49-25(3)4)17-11-14-28-20-40(22-31(28)35(44)46-23-33(42)26-12-9-8-10-13-26)34(43)32-19-27-15-16-30(39)18-29(27)21-41(32)36(45)47-37(5,6)7/h8-10,12-13,15-16,18,24-25,28,31-32H,11,14,17,19-23H2,1-7H3. The first-order valence-electron chi connectivity index (χ1n) is 17.2. The molecule has 2 aliphatic rings. The van der Waals surface area contributed by atoms with Crippen molar-refractivity contribution in [3.05, 3.63) is 70.2 Å². The van der Waals surface area contributed by atoms with E-state index in [1.54, 1.807) is 56.0 Å². The molecule has 2 aromatic carbocycles. The summed E-state index contributed by atoms with van der Waals surface area (Å²) in [6, 6.07) is 13.3. The average molecular weight is 697 g/mol. The van der Waals surface area contributed by atoms with E-state index >= 15 is 0 Å². The molecule has 0 saturated carbocycles. The zero-order valence-electron chi connectivity index (χ0n) is 29.8. The van der Waals surface area contributed by atoms with Gasteiger partial charge >= 0.3 is 19.2 Å². The number of carbonyl (C=O) groups excluding carboxylic acids is 4. The summed E-state index contributed by atoms with van der Waals surface area (Å²) < 4.78 is 23.3. The first-order chi connectivity index (χ1) is 23.1. The van der Waals surface area contributed by atoms with Crippen molar-refractivity contribution in [3.8, 4) is 0 Å². The third-order valence-electron chi connectivity index (χ3n) is 8.57. The Labute approximate surface area is 295 Å². The number of rotatable bonds is 13. The van der Waals surface area contributed by atoms with Crippen LogP contribution in [0.25, 0.3) is 0 Å². The number of fused-ring (bicyclic) bond motifs is 1. The summed E-state index contributed by atoms with van der Waals surface area (Å²) in [5, 5.41) is 0.543. The molecule has 2 amide bonds. The van der Waals surface area contributed by atoms with Gasteiger partial charge in [0.05, 0.1) is 12.5 Å². The van der Waals surface area contributed by atoms with Gasteiger partial charge in [-0.05, 0) is 90.4 Å². The SMILES string of the molecule is CC(C)OB(CCCC1CN(C(=O)C2Cc3ccc(Cl)cc3CN2C(=O)OC(C)(C)C)CC1C(=O)OCC(=O)c1ccccc1)OC(C)C. The van der Waals surface area contributed by atoms with Crippen LogP contribution in [-0.4, -0.2) is 84.2 Å². The van der Waals surface area contributed by atoms with E-state index in [4.69, 9.17) is 30.4 Å². The quantitative estimate of drug-likeness (QED) is 0.131. The summed E-state index contributed by atoms with van der Waals surface area (Å²) in [5.74, 6) is -1.97. The molecule has 0 radical (unpaired) electrons. The van der Waals surface area contributed by atoms with Crippen molar-refractivity contribution in [2.24, 2.45) is 11.8 Å². The lowest BCUT2D eigenvalue weighted by atomic mass is 9.79. The van der Waals surface area contributed by atoms with E-state index in [1.165, 1.54) is 4.90 Å². The van der Waals surface area contributed by atoms with Gasteiger partial charge in [-0.15, -0.1) is 0 Å². The van der Waals surface area contributed by atoms with Gasteiger partial charge in [-0.25, -0.2) is 4.79 Å². The number of benzene rings is 2. The number of halogens is 1. The molecule has 12 heteroatoms. The third kappa shape index (κ3) is 11.0. The molecule has 0 aliphatic carbocycles. The fourth-order valence-electron chi connectivity index (χ4n) is 6.38. The van der Waals surface area contributed by atoms with Crippen LogP contribution in [-0.2, 0) is 41.3 Å². The van der Waals surface area contributed by atoms with E-state index in [-0.39, 0.29) is 55.9 Å². The van der Waals surface area contributed by atoms with Crippen LogP contribution < -0.4 is 0 Å². The van der Waals surface area contributed by atoms with Gasteiger partial charge in [0.2, 0.25) is 5.91 Å². The Morgan fingerprint density at radius 3 is 2.24 bits per heavy atom. The Balaban J connectivity index is 1.53. The fraction of sp³-hybridized carbons (Fsp3) is 0.568. The van der Waals surface area contributed by atoms with Gasteiger partial charge < -0.3 is 23.7 Å². The molecule has 3 atom stereocenters. The van der Waals surface area contributed by atoms with Gasteiger partial charge in [-0.1, -0.05) is 54.4 Å². The molecule has 49 heavy (non-hydrogen) atoms. The summed E-state index contributed by atoms with van der Waals surface area (Å²) in [6.07, 6.45) is 1.57. The molecule has 0 N–H and O–H groups in total. The van der Waals surface area contributed by atoms with Crippen LogP contribution in [0.3, 0.4) is 0 Å². The number of ether oxygens (including phenoxy) is 2. The van der Waals surface area contributed by atoms with E-state index in [0.717, 1.165) is 11.1 Å². The number of likely N-dealkylation sites (tertiary alicyclic amines) is 1. The number of hydrogen-bond donors (Lipinski definition) is 0. The maximum Gasteiger partial charge on any atom is 0.457 e. The van der Waals surface area contributed by atoms with Crippen molar-refractivity contribution in [2.75, 3.05) is 19.7 Å². The van der Waals surface area contributed by atoms with E-state index in [0.29, 0.717) is 36.3 Å². The lowest BCUT2D eigenvalue weighted by Gasteiger charge is -2.38. The van der Waals surface area contributed by atoms with Crippen LogP contribution in [0.15, 0.2) is 48.5 Å². The summed E-state index contributed by atoms with van der Waals surface area (Å²) in [7, 11) is -0.397. The molecule has 2 aliphatic heterocycles. The first kappa shape index (κ1) is 38.4. The summed E-state index contributed by atoms with van der Waals surface area (Å²) in [5.41, 5.74) is 1.47. The minimum Gasteiger partial charge on any atom is -0.457 e.